The molecular formula is C14H15F. The van der Waals surface area contributed by atoms with Crippen LogP contribution in [0.4, 0.5) is 4.39 Å². The van der Waals surface area contributed by atoms with Crippen molar-refractivity contribution in [3.05, 3.63) is 53.4 Å². The van der Waals surface area contributed by atoms with Crippen LogP contribution < -0.4 is 0 Å². The van der Waals surface area contributed by atoms with E-state index in [1.54, 1.807) is 13.0 Å². The van der Waals surface area contributed by atoms with E-state index in [1.165, 1.54) is 0 Å². The molecule has 0 heterocycles. The predicted molar refractivity (Wildman–Crippen MR) is 62.0 cm³/mol. The van der Waals surface area contributed by atoms with Crippen molar-refractivity contribution in [3.8, 4) is 0 Å². The third-order valence-electron chi connectivity index (χ3n) is 2.82. The number of aryl methyl sites for hydroxylation is 1. The predicted octanol–water partition coefficient (Wildman–Crippen LogP) is 4.11. The maximum Gasteiger partial charge on any atom is 0.126 e. The Balaban J connectivity index is 2.31. The van der Waals surface area contributed by atoms with E-state index in [0.29, 0.717) is 11.5 Å². The van der Waals surface area contributed by atoms with Gasteiger partial charge in [-0.3, -0.25) is 0 Å². The number of allylic oxidation sites excluding steroid dienone is 4. The molecule has 1 atom stereocenters. The van der Waals surface area contributed by atoms with Crippen LogP contribution in [0.3, 0.4) is 0 Å². The Hall–Kier alpha value is -1.37. The third-order valence-corrected chi connectivity index (χ3v) is 2.82. The van der Waals surface area contributed by atoms with Crippen LogP contribution >= 0.6 is 0 Å². The highest BCUT2D eigenvalue weighted by atomic mass is 19.1. The van der Waals surface area contributed by atoms with Crippen molar-refractivity contribution in [2.24, 2.45) is 5.92 Å². The molecule has 0 radical (unpaired) electrons. The number of hydrogen-bond donors (Lipinski definition) is 0. The minimum atomic E-state index is -0.125. The van der Waals surface area contributed by atoms with E-state index in [9.17, 15) is 4.39 Å². The van der Waals surface area contributed by atoms with Crippen LogP contribution in [-0.4, -0.2) is 0 Å². The van der Waals surface area contributed by atoms with Gasteiger partial charge in [-0.2, -0.15) is 0 Å². The topological polar surface area (TPSA) is 0 Å². The molecule has 1 aliphatic rings. The number of benzene rings is 1. The fraction of sp³-hybridized carbons (Fsp3) is 0.286. The molecule has 0 saturated carbocycles. The Morgan fingerprint density at radius 1 is 1.33 bits per heavy atom. The molecule has 1 unspecified atom stereocenters. The maximum absolute atomic E-state index is 13.4. The molecule has 15 heavy (non-hydrogen) atoms. The summed E-state index contributed by atoms with van der Waals surface area (Å²) in [6, 6.07) is 5.42. The van der Waals surface area contributed by atoms with Crippen molar-refractivity contribution in [2.45, 2.75) is 20.3 Å². The second-order valence-corrected chi connectivity index (χ2v) is 4.20. The van der Waals surface area contributed by atoms with Gasteiger partial charge in [-0.15, -0.1) is 0 Å². The molecule has 0 N–H and O–H groups in total. The Kier molecular flexibility index (Phi) is 2.72. The number of rotatable bonds is 1. The van der Waals surface area contributed by atoms with Gasteiger partial charge in [0.2, 0.25) is 0 Å². The molecule has 0 amide bonds. The molecule has 0 aromatic heterocycles. The SMILES string of the molecule is Cc1ccc(C2=CCC(C)C=C2)cc1F. The summed E-state index contributed by atoms with van der Waals surface area (Å²) in [4.78, 5) is 0. The summed E-state index contributed by atoms with van der Waals surface area (Å²) >= 11 is 0. The first-order chi connectivity index (χ1) is 7.16. The van der Waals surface area contributed by atoms with Crippen molar-refractivity contribution in [1.29, 1.82) is 0 Å². The lowest BCUT2D eigenvalue weighted by Crippen LogP contribution is -1.95. The third kappa shape index (κ3) is 2.17. The summed E-state index contributed by atoms with van der Waals surface area (Å²) in [5.74, 6) is 0.476. The van der Waals surface area contributed by atoms with Gasteiger partial charge in [0.25, 0.3) is 0 Å². The first kappa shape index (κ1) is 10.2. The molecule has 0 nitrogen and oxygen atoms in total. The second kappa shape index (κ2) is 4.01. The zero-order chi connectivity index (χ0) is 10.8. The fourth-order valence-corrected chi connectivity index (χ4v) is 1.71. The minimum Gasteiger partial charge on any atom is -0.207 e. The highest BCUT2D eigenvalue weighted by Gasteiger charge is 2.07. The van der Waals surface area contributed by atoms with E-state index in [-0.39, 0.29) is 5.82 Å². The molecule has 1 aromatic rings. The zero-order valence-corrected chi connectivity index (χ0v) is 9.13. The van der Waals surface area contributed by atoms with E-state index < -0.39 is 0 Å². The lowest BCUT2D eigenvalue weighted by atomic mass is 9.94. The lowest BCUT2D eigenvalue weighted by Gasteiger charge is -2.12. The van der Waals surface area contributed by atoms with Gasteiger partial charge in [0.15, 0.2) is 0 Å². The average molecular weight is 202 g/mol. The van der Waals surface area contributed by atoms with E-state index >= 15 is 0 Å². The van der Waals surface area contributed by atoms with Gasteiger partial charge >= 0.3 is 0 Å². The summed E-state index contributed by atoms with van der Waals surface area (Å²) in [5.41, 5.74) is 2.81. The van der Waals surface area contributed by atoms with Gasteiger partial charge in [0.1, 0.15) is 5.82 Å². The molecule has 0 fully saturated rings. The van der Waals surface area contributed by atoms with Crippen LogP contribution in [0.2, 0.25) is 0 Å². The minimum absolute atomic E-state index is 0.125. The molecule has 1 aliphatic carbocycles. The summed E-state index contributed by atoms with van der Waals surface area (Å²) in [6.45, 7) is 3.96. The van der Waals surface area contributed by atoms with Crippen LogP contribution in [0.5, 0.6) is 0 Å². The molecule has 0 saturated heterocycles. The number of halogens is 1. The van der Waals surface area contributed by atoms with Crippen LogP contribution in [0.15, 0.2) is 36.4 Å². The molecule has 0 bridgehead atoms. The van der Waals surface area contributed by atoms with E-state index in [4.69, 9.17) is 0 Å². The van der Waals surface area contributed by atoms with Crippen molar-refractivity contribution in [3.63, 3.8) is 0 Å². The van der Waals surface area contributed by atoms with Gasteiger partial charge in [-0.1, -0.05) is 37.3 Å². The zero-order valence-electron chi connectivity index (χ0n) is 9.13. The van der Waals surface area contributed by atoms with Crippen LogP contribution in [0, 0.1) is 18.7 Å². The summed E-state index contributed by atoms with van der Waals surface area (Å²) in [6.07, 6.45) is 7.47. The molecule has 78 valence electrons. The summed E-state index contributed by atoms with van der Waals surface area (Å²) in [7, 11) is 0. The van der Waals surface area contributed by atoms with Crippen molar-refractivity contribution >= 4 is 5.57 Å². The first-order valence-electron chi connectivity index (χ1n) is 5.31. The highest BCUT2D eigenvalue weighted by Crippen LogP contribution is 2.25. The standard InChI is InChI=1S/C14H15F/c1-10-3-6-12(7-4-10)13-8-5-11(2)14(15)9-13/h3,5-10H,4H2,1-2H3. The quantitative estimate of drug-likeness (QED) is 0.642. The van der Waals surface area contributed by atoms with Crippen LogP contribution in [0.25, 0.3) is 5.57 Å². The normalized spacial score (nSPS) is 20.2. The van der Waals surface area contributed by atoms with E-state index in [1.807, 2.05) is 12.1 Å². The molecule has 1 aromatic carbocycles. The Bertz CT molecular complexity index is 427. The van der Waals surface area contributed by atoms with Crippen molar-refractivity contribution < 1.29 is 4.39 Å². The average Bonchev–Trinajstić information content (AvgIpc) is 2.23. The number of hydrogen-bond acceptors (Lipinski definition) is 0. The molecule has 0 aliphatic heterocycles. The van der Waals surface area contributed by atoms with Gasteiger partial charge in [-0.05, 0) is 42.0 Å². The van der Waals surface area contributed by atoms with Gasteiger partial charge in [-0.25, -0.2) is 4.39 Å². The van der Waals surface area contributed by atoms with Crippen LogP contribution in [-0.2, 0) is 0 Å². The van der Waals surface area contributed by atoms with Gasteiger partial charge in [0, 0.05) is 0 Å². The van der Waals surface area contributed by atoms with E-state index in [2.05, 4.69) is 25.2 Å². The fourth-order valence-electron chi connectivity index (χ4n) is 1.71. The van der Waals surface area contributed by atoms with Crippen LogP contribution in [0.1, 0.15) is 24.5 Å². The van der Waals surface area contributed by atoms with E-state index in [0.717, 1.165) is 17.6 Å². The Morgan fingerprint density at radius 3 is 2.73 bits per heavy atom. The molecule has 1 heteroatoms. The maximum atomic E-state index is 13.4. The summed E-state index contributed by atoms with van der Waals surface area (Å²) in [5, 5.41) is 0. The Labute approximate surface area is 90.1 Å². The second-order valence-electron chi connectivity index (χ2n) is 4.20. The van der Waals surface area contributed by atoms with Crippen molar-refractivity contribution in [2.75, 3.05) is 0 Å². The first-order valence-corrected chi connectivity index (χ1v) is 5.31. The smallest absolute Gasteiger partial charge is 0.126 e. The largest absolute Gasteiger partial charge is 0.207 e. The van der Waals surface area contributed by atoms with Gasteiger partial charge in [0.05, 0.1) is 0 Å². The van der Waals surface area contributed by atoms with Crippen molar-refractivity contribution in [1.82, 2.24) is 0 Å². The monoisotopic (exact) mass is 202 g/mol. The molecule has 2 rings (SSSR count). The van der Waals surface area contributed by atoms with Gasteiger partial charge < -0.3 is 0 Å². The lowest BCUT2D eigenvalue weighted by molar-refractivity contribution is 0.618. The Morgan fingerprint density at radius 2 is 2.13 bits per heavy atom. The highest BCUT2D eigenvalue weighted by molar-refractivity contribution is 5.75. The molecule has 0 spiro atoms. The molecular weight excluding hydrogens is 187 g/mol. The summed E-state index contributed by atoms with van der Waals surface area (Å²) < 4.78 is 13.4.